The van der Waals surface area contributed by atoms with Crippen LogP contribution < -0.4 is 14.2 Å². The van der Waals surface area contributed by atoms with Gasteiger partial charge in [-0.1, -0.05) is 16.8 Å². The topological polar surface area (TPSA) is 73.2 Å². The Kier molecular flexibility index (Phi) is 5.14. The van der Waals surface area contributed by atoms with Crippen LogP contribution in [0.5, 0.6) is 17.2 Å². The highest BCUT2D eigenvalue weighted by atomic mass is 35.5. The maximum Gasteiger partial charge on any atom is 0.162 e. The van der Waals surface area contributed by atoms with Gasteiger partial charge in [-0.25, -0.2) is 4.98 Å². The summed E-state index contributed by atoms with van der Waals surface area (Å²) in [6, 6.07) is 12.4. The molecule has 0 amide bonds. The number of rotatable bonds is 5. The molecule has 26 heavy (non-hydrogen) atoms. The highest BCUT2D eigenvalue weighted by Crippen LogP contribution is 2.33. The molecule has 1 N–H and O–H groups in total. The first-order chi connectivity index (χ1) is 12.6. The Morgan fingerprint density at radius 2 is 1.62 bits per heavy atom. The number of benzene rings is 2. The van der Waals surface area contributed by atoms with Gasteiger partial charge in [0.2, 0.25) is 0 Å². The molecule has 1 aromatic heterocycles. The van der Waals surface area contributed by atoms with Crippen LogP contribution in [0.4, 0.5) is 0 Å². The molecule has 0 saturated heterocycles. The van der Waals surface area contributed by atoms with Gasteiger partial charge in [-0.2, -0.15) is 0 Å². The second kappa shape index (κ2) is 7.49. The summed E-state index contributed by atoms with van der Waals surface area (Å²) >= 11 is 6.35. The summed E-state index contributed by atoms with van der Waals surface area (Å²) in [5.41, 5.74) is 2.13. The van der Waals surface area contributed by atoms with Crippen molar-refractivity contribution in [3.05, 3.63) is 58.7 Å². The van der Waals surface area contributed by atoms with Gasteiger partial charge in [0, 0.05) is 22.6 Å². The predicted molar refractivity (Wildman–Crippen MR) is 100 cm³/mol. The van der Waals surface area contributed by atoms with Crippen molar-refractivity contribution in [1.29, 1.82) is 0 Å². The van der Waals surface area contributed by atoms with Crippen LogP contribution in [-0.4, -0.2) is 37.2 Å². The van der Waals surface area contributed by atoms with Crippen molar-refractivity contribution in [2.24, 2.45) is 5.16 Å². The third kappa shape index (κ3) is 3.23. The lowest BCUT2D eigenvalue weighted by atomic mass is 10.0. The molecule has 0 saturated carbocycles. The molecule has 7 heteroatoms. The molecule has 0 radical (unpaired) electrons. The average Bonchev–Trinajstić information content (AvgIpc) is 2.68. The van der Waals surface area contributed by atoms with Crippen LogP contribution in [0, 0.1) is 0 Å². The van der Waals surface area contributed by atoms with E-state index in [1.54, 1.807) is 63.8 Å². The number of methoxy groups -OCH3 is 3. The number of hydrogen-bond acceptors (Lipinski definition) is 6. The van der Waals surface area contributed by atoms with Crippen molar-refractivity contribution in [2.45, 2.75) is 0 Å². The highest BCUT2D eigenvalue weighted by molar-refractivity contribution is 6.35. The van der Waals surface area contributed by atoms with Gasteiger partial charge in [-0.3, -0.25) is 0 Å². The van der Waals surface area contributed by atoms with Crippen LogP contribution in [0.3, 0.4) is 0 Å². The fourth-order valence-corrected chi connectivity index (χ4v) is 2.89. The summed E-state index contributed by atoms with van der Waals surface area (Å²) in [6.45, 7) is 0. The van der Waals surface area contributed by atoms with Gasteiger partial charge in [0.05, 0.1) is 26.8 Å². The third-order valence-electron chi connectivity index (χ3n) is 3.99. The average molecular weight is 373 g/mol. The quantitative estimate of drug-likeness (QED) is 0.315. The molecule has 0 aliphatic heterocycles. The molecular weight excluding hydrogens is 356 g/mol. The third-order valence-corrected chi connectivity index (χ3v) is 4.28. The SMILES string of the molecule is COc1ccc(/C(=N/O)c2cc3cc(OC)c(OC)cc3nc2Cl)cc1. The first kappa shape index (κ1) is 17.8. The van der Waals surface area contributed by atoms with E-state index in [1.165, 1.54) is 0 Å². The molecule has 2 aromatic carbocycles. The number of halogens is 1. The zero-order chi connectivity index (χ0) is 18.7. The van der Waals surface area contributed by atoms with Crippen LogP contribution in [-0.2, 0) is 0 Å². The summed E-state index contributed by atoms with van der Waals surface area (Å²) in [7, 11) is 4.70. The number of aromatic nitrogens is 1. The summed E-state index contributed by atoms with van der Waals surface area (Å²) in [6.07, 6.45) is 0. The van der Waals surface area contributed by atoms with Crippen LogP contribution in [0.2, 0.25) is 5.15 Å². The van der Waals surface area contributed by atoms with Crippen molar-refractivity contribution in [1.82, 2.24) is 4.98 Å². The van der Waals surface area contributed by atoms with Crippen LogP contribution >= 0.6 is 11.6 Å². The van der Waals surface area contributed by atoms with E-state index in [0.717, 1.165) is 5.39 Å². The first-order valence-corrected chi connectivity index (χ1v) is 8.08. The Morgan fingerprint density at radius 3 is 2.19 bits per heavy atom. The number of nitrogens with zero attached hydrogens (tertiary/aromatic N) is 2. The zero-order valence-corrected chi connectivity index (χ0v) is 15.2. The maximum absolute atomic E-state index is 9.56. The number of fused-ring (bicyclic) bond motifs is 1. The molecule has 0 atom stereocenters. The number of pyridine rings is 1. The predicted octanol–water partition coefficient (Wildman–Crippen LogP) is 4.14. The Hall–Kier alpha value is -2.99. The maximum atomic E-state index is 9.56. The number of ether oxygens (including phenoxy) is 3. The van der Waals surface area contributed by atoms with E-state index >= 15 is 0 Å². The lowest BCUT2D eigenvalue weighted by Gasteiger charge is -2.12. The smallest absolute Gasteiger partial charge is 0.162 e. The molecular formula is C19H17ClN2O4. The second-order valence-corrected chi connectivity index (χ2v) is 5.76. The van der Waals surface area contributed by atoms with Crippen LogP contribution in [0.25, 0.3) is 10.9 Å². The van der Waals surface area contributed by atoms with Gasteiger partial charge in [-0.15, -0.1) is 0 Å². The van der Waals surface area contributed by atoms with E-state index in [-0.39, 0.29) is 5.15 Å². The molecule has 0 aliphatic carbocycles. The lowest BCUT2D eigenvalue weighted by molar-refractivity contribution is 0.319. The van der Waals surface area contributed by atoms with Crippen molar-refractivity contribution >= 4 is 28.2 Å². The standard InChI is InChI=1S/C19H17ClN2O4/c1-24-13-6-4-11(5-7-13)18(22-23)14-8-12-9-16(25-2)17(26-3)10-15(12)21-19(14)20/h4-10,23H,1-3H3/b22-18-. The molecule has 134 valence electrons. The highest BCUT2D eigenvalue weighted by Gasteiger charge is 2.16. The molecule has 0 unspecified atom stereocenters. The minimum atomic E-state index is 0.216. The minimum absolute atomic E-state index is 0.216. The second-order valence-electron chi connectivity index (χ2n) is 5.40. The fourth-order valence-electron chi connectivity index (χ4n) is 2.66. The van der Waals surface area contributed by atoms with E-state index in [1.807, 2.05) is 0 Å². The van der Waals surface area contributed by atoms with E-state index in [2.05, 4.69) is 10.1 Å². The monoisotopic (exact) mass is 372 g/mol. The van der Waals surface area contributed by atoms with Gasteiger partial charge >= 0.3 is 0 Å². The summed E-state index contributed by atoms with van der Waals surface area (Å²) in [5, 5.41) is 14.0. The fraction of sp³-hybridized carbons (Fsp3) is 0.158. The van der Waals surface area contributed by atoms with E-state index in [9.17, 15) is 5.21 Å². The van der Waals surface area contributed by atoms with E-state index < -0.39 is 0 Å². The van der Waals surface area contributed by atoms with Crippen molar-refractivity contribution in [3.8, 4) is 17.2 Å². The zero-order valence-electron chi connectivity index (χ0n) is 14.5. The van der Waals surface area contributed by atoms with Crippen molar-refractivity contribution < 1.29 is 19.4 Å². The molecule has 6 nitrogen and oxygen atoms in total. The molecule has 0 spiro atoms. The Morgan fingerprint density at radius 1 is 0.962 bits per heavy atom. The van der Waals surface area contributed by atoms with Crippen LogP contribution in [0.1, 0.15) is 11.1 Å². The molecule has 0 aliphatic rings. The normalized spacial score (nSPS) is 11.5. The summed E-state index contributed by atoms with van der Waals surface area (Å²) in [5.74, 6) is 1.83. The van der Waals surface area contributed by atoms with Gasteiger partial charge in [0.1, 0.15) is 16.6 Å². The van der Waals surface area contributed by atoms with Crippen LogP contribution in [0.15, 0.2) is 47.6 Å². The van der Waals surface area contributed by atoms with Crippen molar-refractivity contribution in [3.63, 3.8) is 0 Å². The van der Waals surface area contributed by atoms with Gasteiger partial charge in [-0.05, 0) is 36.4 Å². The Balaban J connectivity index is 2.14. The van der Waals surface area contributed by atoms with E-state index in [0.29, 0.717) is 39.6 Å². The largest absolute Gasteiger partial charge is 0.497 e. The summed E-state index contributed by atoms with van der Waals surface area (Å²) < 4.78 is 15.8. The van der Waals surface area contributed by atoms with E-state index in [4.69, 9.17) is 25.8 Å². The first-order valence-electron chi connectivity index (χ1n) is 7.70. The molecule has 0 bridgehead atoms. The molecule has 1 heterocycles. The molecule has 0 fully saturated rings. The minimum Gasteiger partial charge on any atom is -0.497 e. The lowest BCUT2D eigenvalue weighted by Crippen LogP contribution is -2.06. The van der Waals surface area contributed by atoms with Gasteiger partial charge < -0.3 is 19.4 Å². The Labute approximate surface area is 155 Å². The Bertz CT molecular complexity index is 971. The number of oxime groups is 1. The summed E-state index contributed by atoms with van der Waals surface area (Å²) in [4.78, 5) is 4.40. The molecule has 3 rings (SSSR count). The van der Waals surface area contributed by atoms with Gasteiger partial charge in [0.25, 0.3) is 0 Å². The number of hydrogen-bond donors (Lipinski definition) is 1. The molecule has 3 aromatic rings. The van der Waals surface area contributed by atoms with Crippen molar-refractivity contribution in [2.75, 3.05) is 21.3 Å². The van der Waals surface area contributed by atoms with Gasteiger partial charge in [0.15, 0.2) is 11.5 Å².